The van der Waals surface area contributed by atoms with E-state index in [4.69, 9.17) is 14.2 Å². The molecule has 0 amide bonds. The highest BCUT2D eigenvalue weighted by atomic mass is 16.6. The molecule has 0 spiro atoms. The summed E-state index contributed by atoms with van der Waals surface area (Å²) in [4.78, 5) is 38.4. The highest BCUT2D eigenvalue weighted by molar-refractivity contribution is 5.71. The third kappa shape index (κ3) is 69.5. The summed E-state index contributed by atoms with van der Waals surface area (Å²) in [6, 6.07) is 0. The maximum absolute atomic E-state index is 12.9. The topological polar surface area (TPSA) is 78.9 Å². The average Bonchev–Trinajstić information content (AvgIpc) is 3.48. The van der Waals surface area contributed by atoms with E-state index in [9.17, 15) is 14.4 Å². The van der Waals surface area contributed by atoms with E-state index >= 15 is 0 Å². The van der Waals surface area contributed by atoms with Crippen LogP contribution < -0.4 is 0 Å². The third-order valence-electron chi connectivity index (χ3n) is 16.2. The smallest absolute Gasteiger partial charge is 0.306 e. The molecular weight excluding hydrogens is 1020 g/mol. The second-order valence-electron chi connectivity index (χ2n) is 24.5. The molecule has 0 radical (unpaired) electrons. The molecule has 0 saturated carbocycles. The molecule has 482 valence electrons. The summed E-state index contributed by atoms with van der Waals surface area (Å²) >= 11 is 0. The number of unbranched alkanes of at least 4 members (excludes halogenated alkanes) is 44. The van der Waals surface area contributed by atoms with Crippen LogP contribution in [0.2, 0.25) is 0 Å². The molecule has 1 atom stereocenters. The van der Waals surface area contributed by atoms with Crippen molar-refractivity contribution in [3.05, 3.63) is 72.9 Å². The number of ether oxygens (including phenoxy) is 3. The van der Waals surface area contributed by atoms with Crippen LogP contribution in [0.15, 0.2) is 72.9 Å². The van der Waals surface area contributed by atoms with Gasteiger partial charge in [-0.2, -0.15) is 0 Å². The largest absolute Gasteiger partial charge is 0.462 e. The van der Waals surface area contributed by atoms with Gasteiger partial charge in [0.2, 0.25) is 0 Å². The zero-order valence-corrected chi connectivity index (χ0v) is 55.5. The van der Waals surface area contributed by atoms with Crippen LogP contribution in [0.25, 0.3) is 0 Å². The van der Waals surface area contributed by atoms with Gasteiger partial charge in [0.1, 0.15) is 13.2 Å². The molecule has 0 aliphatic heterocycles. The van der Waals surface area contributed by atoms with E-state index in [0.29, 0.717) is 19.3 Å². The van der Waals surface area contributed by atoms with Crippen LogP contribution in [0, 0.1) is 0 Å². The van der Waals surface area contributed by atoms with Gasteiger partial charge in [-0.05, 0) is 89.9 Å². The third-order valence-corrected chi connectivity index (χ3v) is 16.2. The van der Waals surface area contributed by atoms with Crippen molar-refractivity contribution in [1.29, 1.82) is 0 Å². The molecule has 0 rings (SSSR count). The Labute approximate surface area is 516 Å². The first-order valence-electron chi connectivity index (χ1n) is 36.4. The van der Waals surface area contributed by atoms with Gasteiger partial charge in [0.25, 0.3) is 0 Å². The monoisotopic (exact) mass is 1160 g/mol. The molecule has 0 N–H and O–H groups in total. The predicted octanol–water partition coefficient (Wildman–Crippen LogP) is 25.2. The van der Waals surface area contributed by atoms with E-state index in [1.54, 1.807) is 0 Å². The number of allylic oxidation sites excluding steroid dienone is 12. The quantitative estimate of drug-likeness (QED) is 0.0261. The van der Waals surface area contributed by atoms with Crippen molar-refractivity contribution in [1.82, 2.24) is 0 Å². The number of carbonyl (C=O) groups excluding carboxylic acids is 3. The minimum Gasteiger partial charge on any atom is -0.462 e. The molecule has 0 saturated heterocycles. The van der Waals surface area contributed by atoms with Gasteiger partial charge in [-0.3, -0.25) is 14.4 Å². The Kier molecular flexibility index (Phi) is 68.6. The normalized spacial score (nSPS) is 12.5. The lowest BCUT2D eigenvalue weighted by Crippen LogP contribution is -2.30. The zero-order chi connectivity index (χ0) is 59.9. The Hall–Kier alpha value is -3.15. The summed E-state index contributed by atoms with van der Waals surface area (Å²) in [5, 5.41) is 0. The van der Waals surface area contributed by atoms with Gasteiger partial charge in [0, 0.05) is 19.3 Å². The van der Waals surface area contributed by atoms with E-state index < -0.39 is 6.10 Å². The summed E-state index contributed by atoms with van der Waals surface area (Å²) in [5.74, 6) is -0.860. The first-order chi connectivity index (χ1) is 41.0. The molecule has 6 heteroatoms. The highest BCUT2D eigenvalue weighted by Crippen LogP contribution is 2.18. The number of rotatable bonds is 67. The Morgan fingerprint density at radius 1 is 0.253 bits per heavy atom. The van der Waals surface area contributed by atoms with Gasteiger partial charge in [-0.25, -0.2) is 0 Å². The van der Waals surface area contributed by atoms with Gasteiger partial charge < -0.3 is 14.2 Å². The second-order valence-corrected chi connectivity index (χ2v) is 24.5. The summed E-state index contributed by atoms with van der Waals surface area (Å²) in [6.07, 6.45) is 93.8. The number of hydrogen-bond acceptors (Lipinski definition) is 6. The maximum atomic E-state index is 12.9. The molecule has 0 aromatic carbocycles. The minimum atomic E-state index is -0.778. The van der Waals surface area contributed by atoms with Crippen molar-refractivity contribution < 1.29 is 28.6 Å². The van der Waals surface area contributed by atoms with Gasteiger partial charge in [0.05, 0.1) is 0 Å². The van der Waals surface area contributed by atoms with Crippen LogP contribution in [0.5, 0.6) is 0 Å². The molecule has 0 fully saturated rings. The fourth-order valence-corrected chi connectivity index (χ4v) is 10.8. The summed E-state index contributed by atoms with van der Waals surface area (Å²) in [6.45, 7) is 6.56. The molecule has 0 aliphatic rings. The van der Waals surface area contributed by atoms with Crippen molar-refractivity contribution in [3.63, 3.8) is 0 Å². The lowest BCUT2D eigenvalue weighted by atomic mass is 10.0. The standard InChI is InChI=1S/C77H138O6/c1-4-7-10-13-16-19-22-24-26-28-30-32-33-34-35-36-37-38-39-40-41-42-43-45-46-48-50-52-55-58-61-64-67-70-76(79)82-73-74(72-81-75(78)69-66-63-60-57-54-21-18-15-12-9-6-3)83-77(80)71-68-65-62-59-56-53-51-49-47-44-31-29-27-25-23-20-17-14-11-8-5-2/h8,11,17,20,22,24-25,27-28,30-31,44,74H,4-7,9-10,12-16,18-19,21,23,26,29,32-43,45-73H2,1-3H3/b11-8-,20-17-,24-22-,27-25-,30-28-,44-31-. The minimum absolute atomic E-state index is 0.0736. The number of hydrogen-bond donors (Lipinski definition) is 0. The van der Waals surface area contributed by atoms with E-state index in [2.05, 4.69) is 93.7 Å². The SMILES string of the molecule is CC/C=C\C/C=C\C/C=C\C/C=C\CCCCCCCCCCC(=O)OC(COC(=O)CCCCCCCCCCCCC)COC(=O)CCCCCCCCCCCCCCCCCCCCCCC/C=C\C/C=C\CCCCCCC. The van der Waals surface area contributed by atoms with Crippen LogP contribution in [0.1, 0.15) is 380 Å². The van der Waals surface area contributed by atoms with Crippen molar-refractivity contribution in [3.8, 4) is 0 Å². The van der Waals surface area contributed by atoms with Crippen LogP contribution in [-0.2, 0) is 28.6 Å². The van der Waals surface area contributed by atoms with Crippen LogP contribution in [0.4, 0.5) is 0 Å². The van der Waals surface area contributed by atoms with Crippen molar-refractivity contribution in [2.24, 2.45) is 0 Å². The molecule has 83 heavy (non-hydrogen) atoms. The molecule has 0 aliphatic carbocycles. The lowest BCUT2D eigenvalue weighted by Gasteiger charge is -2.18. The fraction of sp³-hybridized carbons (Fsp3) is 0.805. The molecule has 1 unspecified atom stereocenters. The first-order valence-corrected chi connectivity index (χ1v) is 36.4. The first kappa shape index (κ1) is 79.8. The highest BCUT2D eigenvalue weighted by Gasteiger charge is 2.19. The van der Waals surface area contributed by atoms with Gasteiger partial charge in [0.15, 0.2) is 6.10 Å². The molecular formula is C77H138O6. The average molecular weight is 1160 g/mol. The second kappa shape index (κ2) is 71.3. The van der Waals surface area contributed by atoms with Gasteiger partial charge >= 0.3 is 17.9 Å². The van der Waals surface area contributed by atoms with Crippen molar-refractivity contribution in [2.75, 3.05) is 13.2 Å². The Morgan fingerprint density at radius 2 is 0.470 bits per heavy atom. The lowest BCUT2D eigenvalue weighted by molar-refractivity contribution is -0.167. The molecule has 0 aromatic rings. The Morgan fingerprint density at radius 3 is 0.735 bits per heavy atom. The maximum Gasteiger partial charge on any atom is 0.306 e. The van der Waals surface area contributed by atoms with Crippen molar-refractivity contribution in [2.45, 2.75) is 386 Å². The number of esters is 3. The van der Waals surface area contributed by atoms with Gasteiger partial charge in [-0.15, -0.1) is 0 Å². The Balaban J connectivity index is 4.12. The summed E-state index contributed by atoms with van der Waals surface area (Å²) in [5.41, 5.74) is 0. The van der Waals surface area contributed by atoms with E-state index in [1.807, 2.05) is 0 Å². The van der Waals surface area contributed by atoms with Crippen molar-refractivity contribution >= 4 is 17.9 Å². The van der Waals surface area contributed by atoms with Crippen LogP contribution in [-0.4, -0.2) is 37.2 Å². The van der Waals surface area contributed by atoms with E-state index in [1.165, 1.54) is 244 Å². The molecule has 0 heterocycles. The van der Waals surface area contributed by atoms with E-state index in [0.717, 1.165) is 96.3 Å². The molecule has 0 aromatic heterocycles. The van der Waals surface area contributed by atoms with E-state index in [-0.39, 0.29) is 31.1 Å². The summed E-state index contributed by atoms with van der Waals surface area (Å²) < 4.78 is 17.0. The molecule has 0 bridgehead atoms. The Bertz CT molecular complexity index is 1520. The fourth-order valence-electron chi connectivity index (χ4n) is 10.8. The predicted molar refractivity (Wildman–Crippen MR) is 362 cm³/mol. The van der Waals surface area contributed by atoms with Crippen LogP contribution >= 0.6 is 0 Å². The summed E-state index contributed by atoms with van der Waals surface area (Å²) in [7, 11) is 0. The van der Waals surface area contributed by atoms with Crippen LogP contribution in [0.3, 0.4) is 0 Å². The number of carbonyl (C=O) groups is 3. The zero-order valence-electron chi connectivity index (χ0n) is 55.5. The molecule has 6 nitrogen and oxygen atoms in total. The van der Waals surface area contributed by atoms with Gasteiger partial charge in [-0.1, -0.05) is 344 Å².